The first-order valence-electron chi connectivity index (χ1n) is 9.33. The van der Waals surface area contributed by atoms with Gasteiger partial charge in [0.1, 0.15) is 5.75 Å². The molecule has 1 unspecified atom stereocenters. The number of carbonyl (C=O) groups excluding carboxylic acids is 1. The fourth-order valence-corrected chi connectivity index (χ4v) is 5.23. The van der Waals surface area contributed by atoms with Crippen molar-refractivity contribution in [3.8, 4) is 5.75 Å². The third kappa shape index (κ3) is 5.26. The van der Waals surface area contributed by atoms with Gasteiger partial charge >= 0.3 is 0 Å². The molecule has 0 saturated carbocycles. The van der Waals surface area contributed by atoms with Crippen LogP contribution in [-0.4, -0.2) is 43.4 Å². The molecule has 28 heavy (non-hydrogen) atoms. The van der Waals surface area contributed by atoms with Crippen molar-refractivity contribution in [2.75, 3.05) is 18.1 Å². The van der Waals surface area contributed by atoms with Gasteiger partial charge in [-0.15, -0.1) is 0 Å². The van der Waals surface area contributed by atoms with E-state index in [-0.39, 0.29) is 36.6 Å². The number of sulfone groups is 1. The summed E-state index contributed by atoms with van der Waals surface area (Å²) in [6.45, 7) is 2.19. The Kier molecular flexibility index (Phi) is 6.62. The Morgan fingerprint density at radius 3 is 2.50 bits per heavy atom. The molecule has 0 bridgehead atoms. The number of hydrogen-bond acceptors (Lipinski definition) is 4. The molecule has 150 valence electrons. The zero-order valence-corrected chi connectivity index (χ0v) is 17.4. The molecule has 1 heterocycles. The lowest BCUT2D eigenvalue weighted by Gasteiger charge is -2.28. The van der Waals surface area contributed by atoms with Crippen molar-refractivity contribution in [3.05, 3.63) is 64.7 Å². The van der Waals surface area contributed by atoms with Crippen molar-refractivity contribution >= 4 is 27.3 Å². The molecular formula is C21H24ClNO4S. The Morgan fingerprint density at radius 1 is 1.18 bits per heavy atom. The summed E-state index contributed by atoms with van der Waals surface area (Å²) >= 11 is 6.25. The van der Waals surface area contributed by atoms with Gasteiger partial charge < -0.3 is 9.64 Å². The summed E-state index contributed by atoms with van der Waals surface area (Å²) < 4.78 is 29.5. The molecule has 0 N–H and O–H groups in total. The monoisotopic (exact) mass is 421 g/mol. The summed E-state index contributed by atoms with van der Waals surface area (Å²) in [7, 11) is -3.12. The van der Waals surface area contributed by atoms with Crippen LogP contribution in [0.5, 0.6) is 5.75 Å². The van der Waals surface area contributed by atoms with Crippen LogP contribution in [-0.2, 0) is 27.6 Å². The molecule has 1 amide bonds. The molecule has 3 rings (SSSR count). The Balaban J connectivity index is 1.73. The standard InChI is InChI=1S/C21H24ClNO4S/c1-2-16-7-9-19(10-8-16)27-14-21(24)23(18-11-12-28(25,26)15-18)13-17-5-3-4-6-20(17)22/h3-10,18H,2,11-15H2,1H3. The molecule has 0 radical (unpaired) electrons. The van der Waals surface area contributed by atoms with Crippen molar-refractivity contribution in [2.24, 2.45) is 0 Å². The molecular weight excluding hydrogens is 398 g/mol. The third-order valence-electron chi connectivity index (χ3n) is 4.96. The zero-order valence-electron chi connectivity index (χ0n) is 15.8. The number of benzene rings is 2. The molecule has 7 heteroatoms. The smallest absolute Gasteiger partial charge is 0.261 e. The fraction of sp³-hybridized carbons (Fsp3) is 0.381. The molecule has 5 nitrogen and oxygen atoms in total. The zero-order chi connectivity index (χ0) is 20.1. The first-order chi connectivity index (χ1) is 13.4. The van der Waals surface area contributed by atoms with Crippen LogP contribution in [0.2, 0.25) is 5.02 Å². The van der Waals surface area contributed by atoms with E-state index in [4.69, 9.17) is 16.3 Å². The predicted molar refractivity (Wildman–Crippen MR) is 110 cm³/mol. The number of aryl methyl sites for hydroxylation is 1. The Bertz CT molecular complexity index is 928. The van der Waals surface area contributed by atoms with Gasteiger partial charge in [0.25, 0.3) is 5.91 Å². The van der Waals surface area contributed by atoms with E-state index in [1.54, 1.807) is 11.0 Å². The molecule has 1 aliphatic heterocycles. The van der Waals surface area contributed by atoms with E-state index in [1.165, 1.54) is 5.56 Å². The molecule has 0 aliphatic carbocycles. The number of halogens is 1. The van der Waals surface area contributed by atoms with Crippen LogP contribution in [0.15, 0.2) is 48.5 Å². The SMILES string of the molecule is CCc1ccc(OCC(=O)N(Cc2ccccc2Cl)C2CCS(=O)(=O)C2)cc1. The second kappa shape index (κ2) is 8.97. The first kappa shape index (κ1) is 20.7. The number of amides is 1. The van der Waals surface area contributed by atoms with Gasteiger partial charge in [-0.3, -0.25) is 4.79 Å². The molecule has 0 spiro atoms. The number of carbonyl (C=O) groups is 1. The van der Waals surface area contributed by atoms with Gasteiger partial charge in [0, 0.05) is 17.6 Å². The van der Waals surface area contributed by atoms with Crippen LogP contribution in [0.1, 0.15) is 24.5 Å². The lowest BCUT2D eigenvalue weighted by molar-refractivity contribution is -0.136. The van der Waals surface area contributed by atoms with Crippen LogP contribution in [0.4, 0.5) is 0 Å². The predicted octanol–water partition coefficient (Wildman–Crippen LogP) is 3.50. The molecule has 1 atom stereocenters. The highest BCUT2D eigenvalue weighted by molar-refractivity contribution is 7.91. The fourth-order valence-electron chi connectivity index (χ4n) is 3.30. The van der Waals surface area contributed by atoms with E-state index in [0.717, 1.165) is 12.0 Å². The number of rotatable bonds is 7. The second-order valence-corrected chi connectivity index (χ2v) is 9.59. The normalized spacial score (nSPS) is 18.0. The molecule has 1 saturated heterocycles. The molecule has 2 aromatic carbocycles. The molecule has 0 aromatic heterocycles. The summed E-state index contributed by atoms with van der Waals surface area (Å²) in [4.78, 5) is 14.5. The van der Waals surface area contributed by atoms with Gasteiger partial charge in [0.2, 0.25) is 0 Å². The van der Waals surface area contributed by atoms with Crippen LogP contribution in [0.25, 0.3) is 0 Å². The Hall–Kier alpha value is -2.05. The Morgan fingerprint density at radius 2 is 1.89 bits per heavy atom. The van der Waals surface area contributed by atoms with Crippen LogP contribution in [0.3, 0.4) is 0 Å². The maximum absolute atomic E-state index is 12.9. The van der Waals surface area contributed by atoms with Crippen molar-refractivity contribution < 1.29 is 17.9 Å². The van der Waals surface area contributed by atoms with Crippen LogP contribution < -0.4 is 4.74 Å². The highest BCUT2D eigenvalue weighted by Crippen LogP contribution is 2.24. The minimum atomic E-state index is -3.12. The van der Waals surface area contributed by atoms with Gasteiger partial charge in [-0.2, -0.15) is 0 Å². The van der Waals surface area contributed by atoms with E-state index in [2.05, 4.69) is 6.92 Å². The van der Waals surface area contributed by atoms with Gasteiger partial charge in [0.05, 0.1) is 11.5 Å². The van der Waals surface area contributed by atoms with Crippen molar-refractivity contribution in [2.45, 2.75) is 32.4 Å². The summed E-state index contributed by atoms with van der Waals surface area (Å²) in [5.41, 5.74) is 1.98. The van der Waals surface area contributed by atoms with Gasteiger partial charge in [0.15, 0.2) is 16.4 Å². The summed E-state index contributed by atoms with van der Waals surface area (Å²) in [5, 5.41) is 0.553. The maximum Gasteiger partial charge on any atom is 0.261 e. The number of hydrogen-bond donors (Lipinski definition) is 0. The quantitative estimate of drug-likeness (QED) is 0.686. The summed E-state index contributed by atoms with van der Waals surface area (Å²) in [6, 6.07) is 14.5. The van der Waals surface area contributed by atoms with E-state index in [9.17, 15) is 13.2 Å². The highest BCUT2D eigenvalue weighted by Gasteiger charge is 2.35. The van der Waals surface area contributed by atoms with Crippen molar-refractivity contribution in [1.82, 2.24) is 4.90 Å². The van der Waals surface area contributed by atoms with E-state index in [1.807, 2.05) is 42.5 Å². The Labute approximate surface area is 171 Å². The largest absolute Gasteiger partial charge is 0.484 e. The average molecular weight is 422 g/mol. The summed E-state index contributed by atoms with van der Waals surface area (Å²) in [6.07, 6.45) is 1.37. The van der Waals surface area contributed by atoms with E-state index in [0.29, 0.717) is 17.2 Å². The molecule has 1 aliphatic rings. The first-order valence-corrected chi connectivity index (χ1v) is 11.5. The lowest BCUT2D eigenvalue weighted by Crippen LogP contribution is -2.43. The maximum atomic E-state index is 12.9. The van der Waals surface area contributed by atoms with Crippen molar-refractivity contribution in [1.29, 1.82) is 0 Å². The van der Waals surface area contributed by atoms with E-state index >= 15 is 0 Å². The average Bonchev–Trinajstić information content (AvgIpc) is 3.05. The lowest BCUT2D eigenvalue weighted by atomic mass is 10.1. The highest BCUT2D eigenvalue weighted by atomic mass is 35.5. The van der Waals surface area contributed by atoms with Gasteiger partial charge in [-0.1, -0.05) is 48.9 Å². The minimum Gasteiger partial charge on any atom is -0.484 e. The summed E-state index contributed by atoms with van der Waals surface area (Å²) in [5.74, 6) is 0.446. The van der Waals surface area contributed by atoms with Gasteiger partial charge in [-0.25, -0.2) is 8.42 Å². The van der Waals surface area contributed by atoms with Crippen LogP contribution >= 0.6 is 11.6 Å². The van der Waals surface area contributed by atoms with E-state index < -0.39 is 9.84 Å². The topological polar surface area (TPSA) is 63.7 Å². The number of ether oxygens (including phenoxy) is 1. The molecule has 2 aromatic rings. The van der Waals surface area contributed by atoms with Crippen molar-refractivity contribution in [3.63, 3.8) is 0 Å². The minimum absolute atomic E-state index is 0.0195. The van der Waals surface area contributed by atoms with Gasteiger partial charge in [-0.05, 0) is 42.2 Å². The number of nitrogens with zero attached hydrogens (tertiary/aromatic N) is 1. The van der Waals surface area contributed by atoms with Crippen LogP contribution in [0, 0.1) is 0 Å². The molecule has 1 fully saturated rings. The third-order valence-corrected chi connectivity index (χ3v) is 7.08. The second-order valence-electron chi connectivity index (χ2n) is 6.96.